The summed E-state index contributed by atoms with van der Waals surface area (Å²) in [6, 6.07) is 3.58. The van der Waals surface area contributed by atoms with Crippen molar-refractivity contribution in [2.45, 2.75) is 64.3 Å². The van der Waals surface area contributed by atoms with Crippen molar-refractivity contribution in [2.24, 2.45) is 5.92 Å². The van der Waals surface area contributed by atoms with Gasteiger partial charge < -0.3 is 40.2 Å². The second-order valence-electron chi connectivity index (χ2n) is 9.35. The fourth-order valence-electron chi connectivity index (χ4n) is 4.17. The number of aldehydes is 1. The molecule has 0 unspecified atom stereocenters. The molecule has 13 heteroatoms. The van der Waals surface area contributed by atoms with Gasteiger partial charge >= 0.3 is 5.97 Å². The van der Waals surface area contributed by atoms with Crippen molar-refractivity contribution in [2.75, 3.05) is 20.2 Å². The lowest BCUT2D eigenvalue weighted by Gasteiger charge is -2.26. The number of aliphatic carboxylic acids is 1. The molecule has 1 aliphatic rings. The van der Waals surface area contributed by atoms with Gasteiger partial charge in [0.05, 0.1) is 32.7 Å². The molecule has 0 saturated carbocycles. The Morgan fingerprint density at radius 1 is 1.18 bits per heavy atom. The SMILES string of the molecule is CC[C@H](C)[C@H](NC(C)=O)C(=O)NCC(=O)N1C[C@@H](Oc2cccc(OC)c2)C[C@H]1C(=O)N[C@H](C=O)CC(=O)O. The van der Waals surface area contributed by atoms with Crippen molar-refractivity contribution < 1.29 is 43.3 Å². The molecule has 1 heterocycles. The Morgan fingerprint density at radius 3 is 2.46 bits per heavy atom. The standard InChI is InChI=1S/C26H36N4O9/c1-5-15(2)24(28-16(3)32)26(37)27-12-22(33)30-13-20(39-19-8-6-7-18(10-19)38-4)11-21(30)25(36)29-17(14-31)9-23(34)35/h6-8,10,14-15,17,20-21,24H,5,9,11-13H2,1-4H3,(H,27,37)(H,28,32)(H,29,36)(H,34,35)/t15-,17-,20-,21-,24-/m0/s1. The summed E-state index contributed by atoms with van der Waals surface area (Å²) >= 11 is 0. The molecule has 1 aromatic rings. The molecule has 0 aliphatic carbocycles. The number of rotatable bonds is 14. The molecule has 1 saturated heterocycles. The van der Waals surface area contributed by atoms with Gasteiger partial charge in [-0.2, -0.15) is 0 Å². The highest BCUT2D eigenvalue weighted by Gasteiger charge is 2.41. The highest BCUT2D eigenvalue weighted by molar-refractivity contribution is 5.93. The zero-order chi connectivity index (χ0) is 29.1. The number of carboxylic acid groups (broad SMARTS) is 1. The number of carbonyl (C=O) groups is 6. The molecule has 13 nitrogen and oxygen atoms in total. The molecule has 0 bridgehead atoms. The largest absolute Gasteiger partial charge is 0.497 e. The molecular formula is C26H36N4O9. The highest BCUT2D eigenvalue weighted by Crippen LogP contribution is 2.26. The summed E-state index contributed by atoms with van der Waals surface area (Å²) in [7, 11) is 1.50. The lowest BCUT2D eigenvalue weighted by atomic mass is 9.98. The van der Waals surface area contributed by atoms with Gasteiger partial charge in [0, 0.05) is 19.4 Å². The van der Waals surface area contributed by atoms with E-state index in [1.807, 2.05) is 6.92 Å². The Bertz CT molecular complexity index is 1060. The number of hydrogen-bond donors (Lipinski definition) is 4. The molecule has 4 amide bonds. The molecule has 0 spiro atoms. The van der Waals surface area contributed by atoms with E-state index in [0.29, 0.717) is 24.2 Å². The highest BCUT2D eigenvalue weighted by atomic mass is 16.5. The van der Waals surface area contributed by atoms with Crippen LogP contribution in [0.15, 0.2) is 24.3 Å². The van der Waals surface area contributed by atoms with Crippen molar-refractivity contribution in [3.8, 4) is 11.5 Å². The predicted octanol–water partition coefficient (Wildman–Crippen LogP) is -0.131. The third kappa shape index (κ3) is 9.27. The minimum absolute atomic E-state index is 0.00479. The summed E-state index contributed by atoms with van der Waals surface area (Å²) in [6.07, 6.45) is -0.250. The lowest BCUT2D eigenvalue weighted by Crippen LogP contribution is -2.54. The van der Waals surface area contributed by atoms with Gasteiger partial charge in [-0.25, -0.2) is 0 Å². The first-order valence-electron chi connectivity index (χ1n) is 12.6. The normalized spacial score (nSPS) is 18.7. The topological polar surface area (TPSA) is 180 Å². The van der Waals surface area contributed by atoms with Crippen LogP contribution >= 0.6 is 0 Å². The number of amides is 4. The predicted molar refractivity (Wildman–Crippen MR) is 138 cm³/mol. The second kappa shape index (κ2) is 14.7. The first kappa shape index (κ1) is 31.1. The van der Waals surface area contributed by atoms with E-state index in [1.54, 1.807) is 31.2 Å². The molecule has 39 heavy (non-hydrogen) atoms. The molecule has 214 valence electrons. The maximum absolute atomic E-state index is 13.2. The second-order valence-corrected chi connectivity index (χ2v) is 9.35. The quantitative estimate of drug-likeness (QED) is 0.230. The molecular weight excluding hydrogens is 512 g/mol. The monoisotopic (exact) mass is 548 g/mol. The van der Waals surface area contributed by atoms with Crippen molar-refractivity contribution in [3.63, 3.8) is 0 Å². The molecule has 0 aromatic heterocycles. The molecule has 4 N–H and O–H groups in total. The lowest BCUT2D eigenvalue weighted by molar-refractivity contribution is -0.141. The fraction of sp³-hybridized carbons (Fsp3) is 0.538. The van der Waals surface area contributed by atoms with Gasteiger partial charge in [0.1, 0.15) is 36.0 Å². The van der Waals surface area contributed by atoms with Crippen LogP contribution in [0.4, 0.5) is 0 Å². The van der Waals surface area contributed by atoms with Gasteiger partial charge in [-0.15, -0.1) is 0 Å². The van der Waals surface area contributed by atoms with Gasteiger partial charge in [-0.3, -0.25) is 24.0 Å². The van der Waals surface area contributed by atoms with Gasteiger partial charge in [0.15, 0.2) is 0 Å². The third-order valence-electron chi connectivity index (χ3n) is 6.38. The summed E-state index contributed by atoms with van der Waals surface area (Å²) in [5, 5.41) is 16.5. The zero-order valence-electron chi connectivity index (χ0n) is 22.5. The smallest absolute Gasteiger partial charge is 0.305 e. The number of carboxylic acids is 1. The van der Waals surface area contributed by atoms with Crippen LogP contribution in [0.25, 0.3) is 0 Å². The average Bonchev–Trinajstić information content (AvgIpc) is 3.32. The average molecular weight is 549 g/mol. The molecule has 5 atom stereocenters. The van der Waals surface area contributed by atoms with Gasteiger partial charge in [-0.1, -0.05) is 26.3 Å². The Labute approximate surface area is 226 Å². The Kier molecular flexibility index (Phi) is 11.7. The maximum Gasteiger partial charge on any atom is 0.305 e. The van der Waals surface area contributed by atoms with Crippen LogP contribution in [-0.4, -0.2) is 90.3 Å². The summed E-state index contributed by atoms with van der Waals surface area (Å²) in [5.74, 6) is -2.71. The van der Waals surface area contributed by atoms with E-state index in [-0.39, 0.29) is 24.8 Å². The molecule has 2 rings (SSSR count). The zero-order valence-corrected chi connectivity index (χ0v) is 22.5. The van der Waals surface area contributed by atoms with Gasteiger partial charge in [0.25, 0.3) is 0 Å². The van der Waals surface area contributed by atoms with Crippen LogP contribution in [0.1, 0.15) is 40.0 Å². The Morgan fingerprint density at radius 2 is 1.87 bits per heavy atom. The van der Waals surface area contributed by atoms with E-state index in [2.05, 4.69) is 16.0 Å². The maximum atomic E-state index is 13.2. The first-order chi connectivity index (χ1) is 18.5. The summed E-state index contributed by atoms with van der Waals surface area (Å²) < 4.78 is 11.2. The number of nitrogens with one attached hydrogen (secondary N) is 3. The number of likely N-dealkylation sites (tertiary alicyclic amines) is 1. The number of ether oxygens (including phenoxy) is 2. The number of carbonyl (C=O) groups excluding carboxylic acids is 5. The third-order valence-corrected chi connectivity index (χ3v) is 6.38. The summed E-state index contributed by atoms with van der Waals surface area (Å²) in [6.45, 7) is 4.50. The van der Waals surface area contributed by atoms with Crippen molar-refractivity contribution in [1.29, 1.82) is 0 Å². The summed E-state index contributed by atoms with van der Waals surface area (Å²) in [5.41, 5.74) is 0. The fourth-order valence-corrected chi connectivity index (χ4v) is 4.17. The van der Waals surface area contributed by atoms with E-state index >= 15 is 0 Å². The number of methoxy groups -OCH3 is 1. The van der Waals surface area contributed by atoms with Crippen LogP contribution in [0.2, 0.25) is 0 Å². The minimum atomic E-state index is -1.28. The number of nitrogens with zero attached hydrogens (tertiary/aromatic N) is 1. The number of benzene rings is 1. The first-order valence-corrected chi connectivity index (χ1v) is 12.6. The Balaban J connectivity index is 2.18. The van der Waals surface area contributed by atoms with Crippen molar-refractivity contribution in [3.05, 3.63) is 24.3 Å². The van der Waals surface area contributed by atoms with E-state index in [4.69, 9.17) is 14.6 Å². The van der Waals surface area contributed by atoms with Crippen LogP contribution < -0.4 is 25.4 Å². The van der Waals surface area contributed by atoms with E-state index < -0.39 is 60.9 Å². The van der Waals surface area contributed by atoms with Crippen molar-refractivity contribution >= 4 is 35.9 Å². The van der Waals surface area contributed by atoms with E-state index in [1.165, 1.54) is 18.9 Å². The Hall–Kier alpha value is -4.16. The van der Waals surface area contributed by atoms with Crippen LogP contribution in [-0.2, 0) is 28.8 Å². The van der Waals surface area contributed by atoms with Gasteiger partial charge in [-0.05, 0) is 18.1 Å². The molecule has 1 aromatic carbocycles. The molecule has 1 fully saturated rings. The van der Waals surface area contributed by atoms with Crippen molar-refractivity contribution in [1.82, 2.24) is 20.9 Å². The van der Waals surface area contributed by atoms with Gasteiger partial charge in [0.2, 0.25) is 23.6 Å². The van der Waals surface area contributed by atoms with Crippen LogP contribution in [0.5, 0.6) is 11.5 Å². The minimum Gasteiger partial charge on any atom is -0.497 e. The molecule has 0 radical (unpaired) electrons. The summed E-state index contributed by atoms with van der Waals surface area (Å²) in [4.78, 5) is 74.1. The van der Waals surface area contributed by atoms with E-state index in [0.717, 1.165) is 0 Å². The van der Waals surface area contributed by atoms with E-state index in [9.17, 15) is 28.8 Å². The van der Waals surface area contributed by atoms with Crippen LogP contribution in [0, 0.1) is 5.92 Å². The molecule has 1 aliphatic heterocycles. The number of hydrogen-bond acceptors (Lipinski definition) is 8. The van der Waals surface area contributed by atoms with Crippen LogP contribution in [0.3, 0.4) is 0 Å².